The Hall–Kier alpha value is -3.20. The van der Waals surface area contributed by atoms with Crippen LogP contribution in [0.15, 0.2) is 76.8 Å². The summed E-state index contributed by atoms with van der Waals surface area (Å²) in [6.07, 6.45) is 0. The Balaban J connectivity index is 1.71. The zero-order valence-electron chi connectivity index (χ0n) is 18.4. The first-order valence-corrected chi connectivity index (χ1v) is 12.7. The van der Waals surface area contributed by atoms with E-state index in [2.05, 4.69) is 20.9 Å². The molecule has 1 amide bonds. The van der Waals surface area contributed by atoms with Gasteiger partial charge in [0.05, 0.1) is 28.4 Å². The van der Waals surface area contributed by atoms with Gasteiger partial charge in [0, 0.05) is 15.1 Å². The van der Waals surface area contributed by atoms with E-state index < -0.39 is 17.7 Å². The number of rotatable bonds is 5. The van der Waals surface area contributed by atoms with Gasteiger partial charge in [-0.25, -0.2) is 4.98 Å². The molecule has 0 spiro atoms. The minimum atomic E-state index is -0.866. The lowest BCUT2D eigenvalue weighted by Gasteiger charge is -2.23. The number of nitrogens with zero attached hydrogens (tertiary/aromatic N) is 2. The highest BCUT2D eigenvalue weighted by molar-refractivity contribution is 9.10. The number of ether oxygens (including phenoxy) is 1. The number of thiazole rings is 1. The minimum Gasteiger partial charge on any atom is -0.507 e. The van der Waals surface area contributed by atoms with Crippen LogP contribution in [0.2, 0.25) is 5.02 Å². The fraction of sp³-hybridized carbons (Fsp3) is 0.115. The largest absolute Gasteiger partial charge is 0.507 e. The molecule has 1 saturated heterocycles. The average molecular weight is 570 g/mol. The van der Waals surface area contributed by atoms with Crippen LogP contribution in [0.5, 0.6) is 5.75 Å². The van der Waals surface area contributed by atoms with Crippen molar-refractivity contribution in [3.05, 3.63) is 92.9 Å². The second-order valence-electron chi connectivity index (χ2n) is 7.79. The Labute approximate surface area is 218 Å². The van der Waals surface area contributed by atoms with Crippen LogP contribution in [0, 0.1) is 0 Å². The molecule has 1 aliphatic heterocycles. The van der Waals surface area contributed by atoms with Crippen molar-refractivity contribution in [1.29, 1.82) is 0 Å². The summed E-state index contributed by atoms with van der Waals surface area (Å²) in [5.74, 6) is -1.27. The smallest absolute Gasteiger partial charge is 0.301 e. The third kappa shape index (κ3) is 4.33. The lowest BCUT2D eigenvalue weighted by Crippen LogP contribution is -2.29. The molecule has 5 rings (SSSR count). The number of ketones is 1. The van der Waals surface area contributed by atoms with Crippen LogP contribution >= 0.6 is 38.9 Å². The molecule has 1 aliphatic rings. The number of carbonyl (C=O) groups is 2. The van der Waals surface area contributed by atoms with Crippen LogP contribution < -0.4 is 9.64 Å². The molecule has 1 atom stereocenters. The van der Waals surface area contributed by atoms with Crippen LogP contribution in [-0.4, -0.2) is 28.4 Å². The molecule has 176 valence electrons. The second-order valence-corrected chi connectivity index (χ2v) is 10.2. The van der Waals surface area contributed by atoms with Gasteiger partial charge in [0.25, 0.3) is 5.78 Å². The first-order chi connectivity index (χ1) is 16.9. The number of aromatic nitrogens is 1. The molecular formula is C26H18BrClN2O4S. The molecule has 0 aliphatic carbocycles. The van der Waals surface area contributed by atoms with E-state index in [0.717, 1.165) is 9.17 Å². The average Bonchev–Trinajstić information content (AvgIpc) is 3.37. The number of hydrogen-bond donors (Lipinski definition) is 1. The summed E-state index contributed by atoms with van der Waals surface area (Å²) >= 11 is 10.8. The maximum Gasteiger partial charge on any atom is 0.301 e. The topological polar surface area (TPSA) is 79.7 Å². The van der Waals surface area contributed by atoms with E-state index >= 15 is 0 Å². The molecular weight excluding hydrogens is 552 g/mol. The Morgan fingerprint density at radius 1 is 1.14 bits per heavy atom. The van der Waals surface area contributed by atoms with Crippen molar-refractivity contribution in [2.75, 3.05) is 11.5 Å². The van der Waals surface area contributed by atoms with E-state index in [1.165, 1.54) is 16.2 Å². The third-order valence-corrected chi connectivity index (χ3v) is 7.38. The Bertz CT molecular complexity index is 1500. The molecule has 1 fully saturated rings. The summed E-state index contributed by atoms with van der Waals surface area (Å²) in [5, 5.41) is 12.2. The van der Waals surface area contributed by atoms with Crippen molar-refractivity contribution in [3.63, 3.8) is 0 Å². The van der Waals surface area contributed by atoms with Gasteiger partial charge < -0.3 is 9.84 Å². The number of benzene rings is 3. The Kier molecular flexibility index (Phi) is 6.35. The van der Waals surface area contributed by atoms with Crippen molar-refractivity contribution in [3.8, 4) is 5.75 Å². The molecule has 35 heavy (non-hydrogen) atoms. The zero-order valence-corrected chi connectivity index (χ0v) is 21.5. The van der Waals surface area contributed by atoms with Gasteiger partial charge in [-0.15, -0.1) is 0 Å². The first-order valence-electron chi connectivity index (χ1n) is 10.7. The normalized spacial score (nSPS) is 17.3. The van der Waals surface area contributed by atoms with Gasteiger partial charge in [-0.1, -0.05) is 63.1 Å². The lowest BCUT2D eigenvalue weighted by atomic mass is 9.95. The number of anilines is 1. The lowest BCUT2D eigenvalue weighted by molar-refractivity contribution is -0.132. The molecule has 0 bridgehead atoms. The van der Waals surface area contributed by atoms with Crippen molar-refractivity contribution in [2.24, 2.45) is 0 Å². The van der Waals surface area contributed by atoms with Gasteiger partial charge in [0.15, 0.2) is 5.13 Å². The van der Waals surface area contributed by atoms with Gasteiger partial charge in [-0.3, -0.25) is 14.5 Å². The third-order valence-electron chi connectivity index (χ3n) is 5.59. The summed E-state index contributed by atoms with van der Waals surface area (Å²) < 4.78 is 7.18. The number of aliphatic hydroxyl groups excluding tert-OH is 1. The molecule has 0 radical (unpaired) electrons. The quantitative estimate of drug-likeness (QED) is 0.164. The fourth-order valence-electron chi connectivity index (χ4n) is 4.03. The number of Topliss-reactive ketones (excluding diaryl/α,β-unsaturated/α-hetero) is 1. The molecule has 0 saturated carbocycles. The first kappa shape index (κ1) is 23.5. The van der Waals surface area contributed by atoms with Crippen LogP contribution in [0.3, 0.4) is 0 Å². The van der Waals surface area contributed by atoms with Crippen LogP contribution in [0.4, 0.5) is 5.13 Å². The molecule has 1 unspecified atom stereocenters. The molecule has 9 heteroatoms. The monoisotopic (exact) mass is 568 g/mol. The fourth-order valence-corrected chi connectivity index (χ4v) is 5.57. The summed E-state index contributed by atoms with van der Waals surface area (Å²) in [6, 6.07) is 18.4. The molecule has 1 aromatic heterocycles. The highest BCUT2D eigenvalue weighted by Gasteiger charge is 2.48. The van der Waals surface area contributed by atoms with Crippen molar-refractivity contribution in [2.45, 2.75) is 13.0 Å². The summed E-state index contributed by atoms with van der Waals surface area (Å²) in [4.78, 5) is 32.6. The number of fused-ring (bicyclic) bond motifs is 1. The van der Waals surface area contributed by atoms with Gasteiger partial charge in [-0.2, -0.15) is 0 Å². The molecule has 1 N–H and O–H groups in total. The Morgan fingerprint density at radius 3 is 2.66 bits per heavy atom. The summed E-state index contributed by atoms with van der Waals surface area (Å²) in [7, 11) is 0. The van der Waals surface area contributed by atoms with Crippen LogP contribution in [0.25, 0.3) is 16.0 Å². The van der Waals surface area contributed by atoms with Crippen molar-refractivity contribution in [1.82, 2.24) is 4.98 Å². The SMILES string of the molecule is CCOc1cccc(C(O)=C2C(=O)C(=O)N(c3nc4ccc(Cl)cc4s3)C2c2ccc(Br)cc2)c1. The number of amides is 1. The number of aliphatic hydroxyl groups is 1. The van der Waals surface area contributed by atoms with E-state index in [-0.39, 0.29) is 11.3 Å². The standard InChI is InChI=1S/C26H18BrClN2O4S/c1-2-34-18-5-3-4-15(12-18)23(31)21-22(14-6-8-16(27)9-7-14)30(25(33)24(21)32)26-29-19-11-10-17(28)13-20(19)35-26/h3-13,22,31H,2H2,1H3. The number of hydrogen-bond acceptors (Lipinski definition) is 6. The maximum absolute atomic E-state index is 13.4. The van der Waals surface area contributed by atoms with Gasteiger partial charge in [0.1, 0.15) is 11.5 Å². The van der Waals surface area contributed by atoms with E-state index in [9.17, 15) is 14.7 Å². The van der Waals surface area contributed by atoms with Crippen LogP contribution in [-0.2, 0) is 9.59 Å². The number of halogens is 2. The van der Waals surface area contributed by atoms with E-state index in [1.807, 2.05) is 31.2 Å². The van der Waals surface area contributed by atoms with Crippen molar-refractivity contribution >= 4 is 71.7 Å². The summed E-state index contributed by atoms with van der Waals surface area (Å²) in [6.45, 7) is 2.31. The molecule has 4 aromatic rings. The maximum atomic E-state index is 13.4. The van der Waals surface area contributed by atoms with E-state index in [4.69, 9.17) is 16.3 Å². The highest BCUT2D eigenvalue weighted by atomic mass is 79.9. The summed E-state index contributed by atoms with van der Waals surface area (Å²) in [5.41, 5.74) is 1.69. The molecule has 2 heterocycles. The van der Waals surface area contributed by atoms with E-state index in [0.29, 0.717) is 39.2 Å². The molecule has 3 aromatic carbocycles. The van der Waals surface area contributed by atoms with Gasteiger partial charge >= 0.3 is 5.91 Å². The predicted molar refractivity (Wildman–Crippen MR) is 141 cm³/mol. The highest BCUT2D eigenvalue weighted by Crippen LogP contribution is 2.44. The molecule has 6 nitrogen and oxygen atoms in total. The van der Waals surface area contributed by atoms with Crippen molar-refractivity contribution < 1.29 is 19.4 Å². The van der Waals surface area contributed by atoms with E-state index in [1.54, 1.807) is 42.5 Å². The van der Waals surface area contributed by atoms with Gasteiger partial charge in [-0.05, 0) is 55.0 Å². The van der Waals surface area contributed by atoms with Gasteiger partial charge in [0.2, 0.25) is 0 Å². The number of carbonyl (C=O) groups excluding carboxylic acids is 2. The Morgan fingerprint density at radius 2 is 1.91 bits per heavy atom. The second kappa shape index (κ2) is 9.45. The predicted octanol–water partition coefficient (Wildman–Crippen LogP) is 6.74. The zero-order chi connectivity index (χ0) is 24.7. The van der Waals surface area contributed by atoms with Crippen LogP contribution in [0.1, 0.15) is 24.1 Å². The minimum absolute atomic E-state index is 0.0109.